The first-order valence-corrected chi connectivity index (χ1v) is 7.05. The van der Waals surface area contributed by atoms with Gasteiger partial charge in [-0.2, -0.15) is 0 Å². The zero-order valence-electron chi connectivity index (χ0n) is 10.3. The molecule has 92 valence electrons. The van der Waals surface area contributed by atoms with E-state index < -0.39 is 0 Å². The molecule has 0 saturated heterocycles. The van der Waals surface area contributed by atoms with Crippen molar-refractivity contribution in [2.24, 2.45) is 41.4 Å². The van der Waals surface area contributed by atoms with E-state index in [1.807, 2.05) is 0 Å². The number of carbonyl (C=O) groups excluding carboxylic acids is 1. The molecule has 0 aromatic carbocycles. The fourth-order valence-electron chi connectivity index (χ4n) is 5.57. The molecule has 3 saturated carbocycles. The fraction of sp³-hybridized carbons (Fsp3) is 0.800. The predicted octanol–water partition coefficient (Wildman–Crippen LogP) is 2.64. The van der Waals surface area contributed by atoms with E-state index in [1.54, 1.807) is 0 Å². The van der Waals surface area contributed by atoms with Crippen molar-refractivity contribution in [2.75, 3.05) is 6.61 Å². The second kappa shape index (κ2) is 3.37. The third-order valence-corrected chi connectivity index (χ3v) is 5.91. The SMILES string of the molecule is CC(=O)OCC1CC2CC1C1C3C=CC(C3)C21. The van der Waals surface area contributed by atoms with Crippen LogP contribution >= 0.6 is 0 Å². The largest absolute Gasteiger partial charge is 0.466 e. The second-order valence-electron chi connectivity index (χ2n) is 6.56. The molecule has 2 heteroatoms. The predicted molar refractivity (Wildman–Crippen MR) is 64.1 cm³/mol. The van der Waals surface area contributed by atoms with E-state index in [9.17, 15) is 4.79 Å². The average molecular weight is 232 g/mol. The molecule has 0 aliphatic heterocycles. The number of carbonyl (C=O) groups is 1. The standard InChI is InChI=1S/C15H20O2/c1-8(16)17-7-12-5-11-6-13(12)15-10-3-2-9(4-10)14(11)15/h2-3,9-15H,4-7H2,1H3. The molecule has 4 aliphatic carbocycles. The molecule has 4 rings (SSSR count). The van der Waals surface area contributed by atoms with Crippen LogP contribution in [0.2, 0.25) is 0 Å². The van der Waals surface area contributed by atoms with Gasteiger partial charge in [-0.25, -0.2) is 0 Å². The molecule has 0 N–H and O–H groups in total. The van der Waals surface area contributed by atoms with Gasteiger partial charge in [0, 0.05) is 6.92 Å². The quantitative estimate of drug-likeness (QED) is 0.415. The van der Waals surface area contributed by atoms with Crippen molar-refractivity contribution < 1.29 is 9.53 Å². The highest BCUT2D eigenvalue weighted by Gasteiger charge is 2.60. The van der Waals surface area contributed by atoms with E-state index in [1.165, 1.54) is 26.2 Å². The first-order valence-electron chi connectivity index (χ1n) is 7.05. The first-order chi connectivity index (χ1) is 8.24. The highest BCUT2D eigenvalue weighted by Crippen LogP contribution is 2.66. The number of hydrogen-bond donors (Lipinski definition) is 0. The maximum atomic E-state index is 10.9. The highest BCUT2D eigenvalue weighted by molar-refractivity contribution is 5.65. The summed E-state index contributed by atoms with van der Waals surface area (Å²) in [5, 5.41) is 0. The van der Waals surface area contributed by atoms with Crippen LogP contribution in [0.3, 0.4) is 0 Å². The summed E-state index contributed by atoms with van der Waals surface area (Å²) >= 11 is 0. The molecule has 7 unspecified atom stereocenters. The first kappa shape index (κ1) is 10.2. The van der Waals surface area contributed by atoms with Gasteiger partial charge in [-0.3, -0.25) is 4.79 Å². The summed E-state index contributed by atoms with van der Waals surface area (Å²) in [5.74, 6) is 6.02. The summed E-state index contributed by atoms with van der Waals surface area (Å²) in [6, 6.07) is 0. The average Bonchev–Trinajstić information content (AvgIpc) is 3.03. The monoisotopic (exact) mass is 232 g/mol. The van der Waals surface area contributed by atoms with Crippen LogP contribution in [-0.2, 0) is 9.53 Å². The Morgan fingerprint density at radius 2 is 1.94 bits per heavy atom. The van der Waals surface area contributed by atoms with Crippen LogP contribution < -0.4 is 0 Å². The van der Waals surface area contributed by atoms with Crippen molar-refractivity contribution in [1.29, 1.82) is 0 Å². The minimum absolute atomic E-state index is 0.114. The normalized spacial score (nSPS) is 53.1. The van der Waals surface area contributed by atoms with Crippen LogP contribution in [0.15, 0.2) is 12.2 Å². The lowest BCUT2D eigenvalue weighted by molar-refractivity contribution is -0.143. The molecular formula is C15H20O2. The van der Waals surface area contributed by atoms with Crippen molar-refractivity contribution in [2.45, 2.75) is 26.2 Å². The molecule has 2 nitrogen and oxygen atoms in total. The summed E-state index contributed by atoms with van der Waals surface area (Å²) in [5.41, 5.74) is 0. The van der Waals surface area contributed by atoms with Crippen molar-refractivity contribution in [1.82, 2.24) is 0 Å². The molecule has 0 aromatic rings. The summed E-state index contributed by atoms with van der Waals surface area (Å²) < 4.78 is 5.25. The molecule has 7 atom stereocenters. The summed E-state index contributed by atoms with van der Waals surface area (Å²) in [6.07, 6.45) is 9.10. The topological polar surface area (TPSA) is 26.3 Å². The van der Waals surface area contributed by atoms with Gasteiger partial charge in [0.05, 0.1) is 6.61 Å². The molecule has 0 amide bonds. The summed E-state index contributed by atoms with van der Waals surface area (Å²) in [7, 11) is 0. The van der Waals surface area contributed by atoms with E-state index in [0.717, 1.165) is 35.5 Å². The van der Waals surface area contributed by atoms with Crippen LogP contribution in [0.25, 0.3) is 0 Å². The zero-order valence-corrected chi connectivity index (χ0v) is 10.3. The van der Waals surface area contributed by atoms with Crippen molar-refractivity contribution >= 4 is 5.97 Å². The Bertz CT molecular complexity index is 386. The number of hydrogen-bond acceptors (Lipinski definition) is 2. The van der Waals surface area contributed by atoms with E-state index >= 15 is 0 Å². The molecule has 4 bridgehead atoms. The van der Waals surface area contributed by atoms with Crippen molar-refractivity contribution in [3.05, 3.63) is 12.2 Å². The molecule has 0 heterocycles. The summed E-state index contributed by atoms with van der Waals surface area (Å²) in [4.78, 5) is 10.9. The molecule has 17 heavy (non-hydrogen) atoms. The minimum Gasteiger partial charge on any atom is -0.466 e. The molecule has 0 spiro atoms. The maximum Gasteiger partial charge on any atom is 0.302 e. The lowest BCUT2D eigenvalue weighted by Gasteiger charge is -2.36. The Balaban J connectivity index is 1.51. The number of esters is 1. The molecular weight excluding hydrogens is 212 g/mol. The summed E-state index contributed by atoms with van der Waals surface area (Å²) in [6.45, 7) is 2.21. The number of fused-ring (bicyclic) bond motifs is 9. The van der Waals surface area contributed by atoms with Gasteiger partial charge in [0.25, 0.3) is 0 Å². The Morgan fingerprint density at radius 3 is 2.71 bits per heavy atom. The molecule has 4 aliphatic rings. The van der Waals surface area contributed by atoms with Gasteiger partial charge in [-0.1, -0.05) is 12.2 Å². The van der Waals surface area contributed by atoms with Crippen LogP contribution in [0.5, 0.6) is 0 Å². The Kier molecular flexibility index (Phi) is 2.01. The maximum absolute atomic E-state index is 10.9. The van der Waals surface area contributed by atoms with Crippen LogP contribution in [0, 0.1) is 41.4 Å². The van der Waals surface area contributed by atoms with Crippen LogP contribution in [0.4, 0.5) is 0 Å². The second-order valence-corrected chi connectivity index (χ2v) is 6.56. The third kappa shape index (κ3) is 1.30. The van der Waals surface area contributed by atoms with Gasteiger partial charge in [0.15, 0.2) is 0 Å². The number of rotatable bonds is 2. The molecule has 0 radical (unpaired) electrons. The van der Waals surface area contributed by atoms with Crippen LogP contribution in [0.1, 0.15) is 26.2 Å². The lowest BCUT2D eigenvalue weighted by atomic mass is 9.69. The Morgan fingerprint density at radius 1 is 1.18 bits per heavy atom. The van der Waals surface area contributed by atoms with Gasteiger partial charge in [0.2, 0.25) is 0 Å². The van der Waals surface area contributed by atoms with E-state index in [-0.39, 0.29) is 5.97 Å². The van der Waals surface area contributed by atoms with Gasteiger partial charge in [0.1, 0.15) is 0 Å². The van der Waals surface area contributed by atoms with Gasteiger partial charge in [-0.05, 0) is 60.7 Å². The zero-order chi connectivity index (χ0) is 11.6. The Hall–Kier alpha value is -0.790. The molecule has 0 aromatic heterocycles. The number of ether oxygens (including phenoxy) is 1. The van der Waals surface area contributed by atoms with Gasteiger partial charge < -0.3 is 4.74 Å². The van der Waals surface area contributed by atoms with E-state index in [4.69, 9.17) is 4.74 Å². The Labute approximate surface area is 102 Å². The lowest BCUT2D eigenvalue weighted by Crippen LogP contribution is -2.33. The van der Waals surface area contributed by atoms with Crippen molar-refractivity contribution in [3.8, 4) is 0 Å². The fourth-order valence-corrected chi connectivity index (χ4v) is 5.57. The smallest absolute Gasteiger partial charge is 0.302 e. The highest BCUT2D eigenvalue weighted by atomic mass is 16.5. The van der Waals surface area contributed by atoms with Crippen LogP contribution in [-0.4, -0.2) is 12.6 Å². The molecule has 3 fully saturated rings. The number of allylic oxidation sites excluding steroid dienone is 2. The van der Waals surface area contributed by atoms with Gasteiger partial charge >= 0.3 is 5.97 Å². The van der Waals surface area contributed by atoms with Gasteiger partial charge in [-0.15, -0.1) is 0 Å². The minimum atomic E-state index is -0.114. The van der Waals surface area contributed by atoms with E-state index in [0.29, 0.717) is 12.5 Å². The van der Waals surface area contributed by atoms with Crippen molar-refractivity contribution in [3.63, 3.8) is 0 Å². The third-order valence-electron chi connectivity index (χ3n) is 5.91. The van der Waals surface area contributed by atoms with E-state index in [2.05, 4.69) is 12.2 Å².